The molecule has 0 aliphatic heterocycles. The average molecular weight is 886 g/mol. The number of rotatable bonds is 8. The molecule has 2 atom stereocenters. The van der Waals surface area contributed by atoms with Gasteiger partial charge in [-0.3, -0.25) is 4.68 Å². The molecule has 0 spiro atoms. The van der Waals surface area contributed by atoms with Crippen molar-refractivity contribution in [1.82, 2.24) is 19.3 Å². The van der Waals surface area contributed by atoms with Gasteiger partial charge in [0, 0.05) is 40.4 Å². The van der Waals surface area contributed by atoms with Gasteiger partial charge in [0.1, 0.15) is 5.82 Å². The molecule has 0 radical (unpaired) electrons. The van der Waals surface area contributed by atoms with Crippen molar-refractivity contribution in [2.24, 2.45) is 17.8 Å². The van der Waals surface area contributed by atoms with Crippen LogP contribution >= 0.6 is 0 Å². The van der Waals surface area contributed by atoms with E-state index in [1.165, 1.54) is 28.8 Å². The van der Waals surface area contributed by atoms with Gasteiger partial charge in [-0.2, -0.15) is 11.2 Å². The number of fused-ring (bicyclic) bond motifs is 3. The van der Waals surface area contributed by atoms with Gasteiger partial charge in [0.25, 0.3) is 0 Å². The van der Waals surface area contributed by atoms with Crippen molar-refractivity contribution in [2.75, 3.05) is 0 Å². The number of pyridine rings is 1. The van der Waals surface area contributed by atoms with Gasteiger partial charge < -0.3 is 9.30 Å². The summed E-state index contributed by atoms with van der Waals surface area (Å²) in [6.45, 7) is 25.0. The number of para-hydroxylation sites is 1. The summed E-state index contributed by atoms with van der Waals surface area (Å²) < 4.78 is 11.0. The van der Waals surface area contributed by atoms with E-state index >= 15 is 0 Å². The second-order valence-corrected chi connectivity index (χ2v) is 16.8. The number of nitrogens with zero attached hydrogens (tertiary/aromatic N) is 4. The molecule has 3 aromatic carbocycles. The summed E-state index contributed by atoms with van der Waals surface area (Å²) in [5.74, 6) is 4.51. The van der Waals surface area contributed by atoms with Gasteiger partial charge in [-0.15, -0.1) is 41.3 Å². The van der Waals surface area contributed by atoms with E-state index in [-0.39, 0.29) is 26.5 Å². The monoisotopic (exact) mass is 885 g/mol. The Balaban J connectivity index is 0.00000481. The van der Waals surface area contributed by atoms with E-state index in [0.29, 0.717) is 41.1 Å². The first-order valence-electron chi connectivity index (χ1n) is 19.2. The van der Waals surface area contributed by atoms with Crippen LogP contribution in [-0.4, -0.2) is 19.3 Å². The zero-order valence-electron chi connectivity index (χ0n) is 33.2. The minimum Gasteiger partial charge on any atom is -0.509 e. The number of allylic oxidation sites excluding steroid dienone is 2. The smallest absolute Gasteiger partial charge is 0.509 e. The third-order valence-electron chi connectivity index (χ3n) is 11.2. The Kier molecular flexibility index (Phi) is 11.0. The number of hydrogen-bond donors (Lipinski definition) is 0. The van der Waals surface area contributed by atoms with Crippen LogP contribution in [0, 0.1) is 43.7 Å². The molecule has 278 valence electrons. The molecule has 0 amide bonds. The first kappa shape index (κ1) is 38.8. The number of aromatic nitrogens is 4. The molecule has 1 aliphatic carbocycles. The van der Waals surface area contributed by atoms with Crippen LogP contribution in [0.15, 0.2) is 78.5 Å². The van der Waals surface area contributed by atoms with Crippen LogP contribution < -0.4 is 4.74 Å². The van der Waals surface area contributed by atoms with Crippen LogP contribution in [0.2, 0.25) is 0 Å². The molecule has 0 fully saturated rings. The summed E-state index contributed by atoms with van der Waals surface area (Å²) in [4.78, 5) is 4.85. The van der Waals surface area contributed by atoms with Crippen molar-refractivity contribution in [3.05, 3.63) is 119 Å². The predicted molar refractivity (Wildman–Crippen MR) is 215 cm³/mol. The minimum atomic E-state index is -0.00437. The van der Waals surface area contributed by atoms with Gasteiger partial charge in [-0.05, 0) is 90.6 Å². The molecule has 1 aliphatic rings. The Labute approximate surface area is 331 Å². The maximum Gasteiger partial charge on any atom is 2.00 e. The molecule has 0 saturated carbocycles. The Hall–Kier alpha value is -3.95. The van der Waals surface area contributed by atoms with E-state index in [9.17, 15) is 0 Å². The zero-order chi connectivity index (χ0) is 37.1. The minimum absolute atomic E-state index is 0. The Morgan fingerprint density at radius 3 is 2.30 bits per heavy atom. The van der Waals surface area contributed by atoms with Crippen molar-refractivity contribution in [1.29, 1.82) is 0 Å². The summed E-state index contributed by atoms with van der Waals surface area (Å²) in [5.41, 5.74) is 10.6. The van der Waals surface area contributed by atoms with Crippen molar-refractivity contribution in [2.45, 2.75) is 106 Å². The van der Waals surface area contributed by atoms with Crippen molar-refractivity contribution < 1.29 is 25.8 Å². The molecular formula is C47H54N4OPt. The van der Waals surface area contributed by atoms with Crippen LogP contribution in [-0.2, 0) is 26.5 Å². The largest absolute Gasteiger partial charge is 2.00 e. The fraction of sp³-hybridized carbons (Fsp3) is 0.404. The first-order chi connectivity index (χ1) is 24.7. The van der Waals surface area contributed by atoms with Crippen molar-refractivity contribution in [3.8, 4) is 23.0 Å². The molecule has 6 aromatic rings. The third kappa shape index (κ3) is 7.31. The number of ether oxygens (including phenoxy) is 1. The molecule has 6 heteroatoms. The Morgan fingerprint density at radius 1 is 0.849 bits per heavy atom. The first-order valence-corrected chi connectivity index (χ1v) is 19.2. The van der Waals surface area contributed by atoms with Crippen LogP contribution in [0.25, 0.3) is 33.3 Å². The number of aryl methyl sites for hydroxylation is 1. The topological polar surface area (TPSA) is 44.9 Å². The number of hydrogen-bond acceptors (Lipinski definition) is 3. The van der Waals surface area contributed by atoms with Gasteiger partial charge in [0.2, 0.25) is 0 Å². The second-order valence-electron chi connectivity index (χ2n) is 16.8. The zero-order valence-corrected chi connectivity index (χ0v) is 35.5. The summed E-state index contributed by atoms with van der Waals surface area (Å²) in [5, 5.41) is 7.48. The van der Waals surface area contributed by atoms with E-state index in [0.717, 1.165) is 45.4 Å². The molecule has 0 saturated heterocycles. The fourth-order valence-electron chi connectivity index (χ4n) is 8.37. The van der Waals surface area contributed by atoms with Gasteiger partial charge >= 0.3 is 21.1 Å². The third-order valence-corrected chi connectivity index (χ3v) is 11.2. The van der Waals surface area contributed by atoms with Gasteiger partial charge in [0.05, 0.1) is 5.69 Å². The molecule has 3 aromatic heterocycles. The predicted octanol–water partition coefficient (Wildman–Crippen LogP) is 12.5. The van der Waals surface area contributed by atoms with Crippen molar-refractivity contribution in [3.63, 3.8) is 0 Å². The molecule has 7 rings (SSSR count). The maximum atomic E-state index is 6.70. The Morgan fingerprint density at radius 2 is 1.60 bits per heavy atom. The van der Waals surface area contributed by atoms with Crippen LogP contribution in [0.3, 0.4) is 0 Å². The summed E-state index contributed by atoms with van der Waals surface area (Å²) >= 11 is 0. The van der Waals surface area contributed by atoms with E-state index in [1.807, 2.05) is 12.3 Å². The van der Waals surface area contributed by atoms with Crippen LogP contribution in [0.4, 0.5) is 0 Å². The van der Waals surface area contributed by atoms with Crippen LogP contribution in [0.5, 0.6) is 11.5 Å². The standard InChI is InChI=1S/C47H54N4O.Pt/c1-28(2)33-23-35(51-32(8)45(31(7)49-51)46-38(29(3)4)16-14-17-39(46)30(5)6)26-37(24-33)52-36-19-20-41-40-15-12-13-18-42(40)50(43(41)27-36)44-25-34(21-22-48-44)47(9,10)11;/h12-13,15-16,18-25,28-30,39,46H,14,17H2,1-11H3;/q-2;+2/t39-,46?;/m1./s1. The van der Waals surface area contributed by atoms with Crippen molar-refractivity contribution >= 4 is 21.8 Å². The van der Waals surface area contributed by atoms with E-state index < -0.39 is 0 Å². The molecule has 53 heavy (non-hydrogen) atoms. The number of benzene rings is 3. The molecule has 5 nitrogen and oxygen atoms in total. The normalized spacial score (nSPS) is 16.5. The molecule has 0 N–H and O–H groups in total. The van der Waals surface area contributed by atoms with Crippen LogP contribution in [0.1, 0.15) is 115 Å². The molecular weight excluding hydrogens is 832 g/mol. The van der Waals surface area contributed by atoms with E-state index in [1.54, 1.807) is 5.57 Å². The van der Waals surface area contributed by atoms with E-state index in [4.69, 9.17) is 14.8 Å². The van der Waals surface area contributed by atoms with E-state index in [2.05, 4.69) is 158 Å². The molecule has 3 heterocycles. The second kappa shape index (κ2) is 15.1. The fourth-order valence-corrected chi connectivity index (χ4v) is 8.37. The average Bonchev–Trinajstić information content (AvgIpc) is 3.59. The SMILES string of the molecule is Cc1nn(-c2[c-]c(Oc3[c-]c4c(cc3)c3ccccc3n4-c3cc(C(C)(C)C)ccn3)cc(C(C)C)c2)c(C)c1C1C(C(C)C)=CCC[C@@H]1C(C)C.[Pt+2]. The summed E-state index contributed by atoms with van der Waals surface area (Å²) in [6, 6.07) is 28.6. The maximum absolute atomic E-state index is 6.70. The quantitative estimate of drug-likeness (QED) is 0.113. The van der Waals surface area contributed by atoms with Gasteiger partial charge in [-0.25, -0.2) is 4.98 Å². The molecule has 0 bridgehead atoms. The summed E-state index contributed by atoms with van der Waals surface area (Å²) in [7, 11) is 0. The van der Waals surface area contributed by atoms with Gasteiger partial charge in [-0.1, -0.05) is 97.7 Å². The Bertz CT molecular complexity index is 2300. The molecule has 1 unspecified atom stereocenters. The van der Waals surface area contributed by atoms with Gasteiger partial charge in [0.15, 0.2) is 0 Å². The summed E-state index contributed by atoms with van der Waals surface area (Å²) in [6.07, 6.45) is 6.79.